The van der Waals surface area contributed by atoms with Gasteiger partial charge in [-0.15, -0.1) is 11.3 Å². The quantitative estimate of drug-likeness (QED) is 0.859. The van der Waals surface area contributed by atoms with Crippen LogP contribution in [0.5, 0.6) is 0 Å². The predicted octanol–water partition coefficient (Wildman–Crippen LogP) is 3.14. The molecule has 15 heavy (non-hydrogen) atoms. The Morgan fingerprint density at radius 1 is 1.40 bits per heavy atom. The molecule has 0 bridgehead atoms. The number of nitrogens with zero attached hydrogens (tertiary/aromatic N) is 1. The van der Waals surface area contributed by atoms with Crippen molar-refractivity contribution in [3.63, 3.8) is 0 Å². The van der Waals surface area contributed by atoms with Crippen LogP contribution in [0.2, 0.25) is 0 Å². The van der Waals surface area contributed by atoms with Crippen molar-refractivity contribution < 1.29 is 0 Å². The Balaban J connectivity index is 2.34. The molecule has 0 radical (unpaired) electrons. The summed E-state index contributed by atoms with van der Waals surface area (Å²) in [6.07, 6.45) is 2.30. The van der Waals surface area contributed by atoms with Crippen LogP contribution >= 0.6 is 11.3 Å². The van der Waals surface area contributed by atoms with Crippen LogP contribution < -0.4 is 5.73 Å². The normalized spacial score (nSPS) is 13.2. The summed E-state index contributed by atoms with van der Waals surface area (Å²) < 4.78 is 1.27. The molecule has 0 saturated heterocycles. The highest BCUT2D eigenvalue weighted by Crippen LogP contribution is 2.29. The Morgan fingerprint density at radius 3 is 2.87 bits per heavy atom. The molecule has 1 heterocycles. The summed E-state index contributed by atoms with van der Waals surface area (Å²) >= 11 is 1.78. The summed E-state index contributed by atoms with van der Waals surface area (Å²) in [4.78, 5) is 4.64. The molecule has 0 saturated carbocycles. The number of hydrogen-bond acceptors (Lipinski definition) is 3. The van der Waals surface area contributed by atoms with Crippen molar-refractivity contribution in [2.24, 2.45) is 5.73 Å². The van der Waals surface area contributed by atoms with Crippen molar-refractivity contribution in [1.29, 1.82) is 0 Å². The number of thiazole rings is 1. The Labute approximate surface area is 94.1 Å². The van der Waals surface area contributed by atoms with Crippen molar-refractivity contribution in [2.45, 2.75) is 25.7 Å². The molecular weight excluding hydrogens is 204 g/mol. The molecule has 0 fully saturated rings. The molecule has 0 aliphatic rings. The summed E-state index contributed by atoms with van der Waals surface area (Å²) in [5.74, 6) is 0.437. The molecule has 1 unspecified atom stereocenters. The fraction of sp³-hybridized carbons (Fsp3) is 0.417. The first-order chi connectivity index (χ1) is 7.35. The van der Waals surface area contributed by atoms with Gasteiger partial charge in [-0.25, -0.2) is 4.98 Å². The number of hydrogen-bond donors (Lipinski definition) is 1. The number of para-hydroxylation sites is 1. The summed E-state index contributed by atoms with van der Waals surface area (Å²) in [6, 6.07) is 8.27. The van der Waals surface area contributed by atoms with Crippen molar-refractivity contribution >= 4 is 21.6 Å². The molecule has 0 aliphatic carbocycles. The highest BCUT2D eigenvalue weighted by molar-refractivity contribution is 7.18. The van der Waals surface area contributed by atoms with E-state index < -0.39 is 0 Å². The summed E-state index contributed by atoms with van der Waals surface area (Å²) in [7, 11) is 0. The number of rotatable bonds is 4. The van der Waals surface area contributed by atoms with Crippen LogP contribution in [0.4, 0.5) is 0 Å². The zero-order chi connectivity index (χ0) is 10.7. The highest BCUT2D eigenvalue weighted by atomic mass is 32.1. The van der Waals surface area contributed by atoms with E-state index in [0.29, 0.717) is 12.5 Å². The zero-order valence-electron chi connectivity index (χ0n) is 8.94. The van der Waals surface area contributed by atoms with Crippen LogP contribution in [-0.2, 0) is 0 Å². The van der Waals surface area contributed by atoms with Gasteiger partial charge in [0.2, 0.25) is 0 Å². The zero-order valence-corrected chi connectivity index (χ0v) is 9.76. The maximum Gasteiger partial charge on any atom is 0.0982 e. The second-order valence-corrected chi connectivity index (χ2v) is 4.80. The fourth-order valence-electron chi connectivity index (χ4n) is 1.76. The summed E-state index contributed by atoms with van der Waals surface area (Å²) in [6.45, 7) is 2.89. The molecule has 3 heteroatoms. The van der Waals surface area contributed by atoms with Gasteiger partial charge in [-0.05, 0) is 18.6 Å². The second kappa shape index (κ2) is 4.73. The van der Waals surface area contributed by atoms with E-state index in [-0.39, 0.29) is 0 Å². The monoisotopic (exact) mass is 220 g/mol. The number of fused-ring (bicyclic) bond motifs is 1. The lowest BCUT2D eigenvalue weighted by Crippen LogP contribution is -2.11. The van der Waals surface area contributed by atoms with E-state index in [1.165, 1.54) is 9.71 Å². The fourth-order valence-corrected chi connectivity index (χ4v) is 2.87. The molecular formula is C12H16N2S. The van der Waals surface area contributed by atoms with Gasteiger partial charge in [-0.1, -0.05) is 25.5 Å². The lowest BCUT2D eigenvalue weighted by Gasteiger charge is -2.08. The van der Waals surface area contributed by atoms with Gasteiger partial charge in [0.25, 0.3) is 0 Å². The van der Waals surface area contributed by atoms with E-state index >= 15 is 0 Å². The van der Waals surface area contributed by atoms with Crippen LogP contribution in [-0.4, -0.2) is 11.5 Å². The third-order valence-electron chi connectivity index (χ3n) is 2.58. The van der Waals surface area contributed by atoms with Gasteiger partial charge in [0, 0.05) is 12.5 Å². The third-order valence-corrected chi connectivity index (χ3v) is 3.78. The minimum Gasteiger partial charge on any atom is -0.330 e. The van der Waals surface area contributed by atoms with Crippen LogP contribution in [0.15, 0.2) is 24.3 Å². The molecule has 80 valence electrons. The number of benzene rings is 1. The maximum absolute atomic E-state index is 5.78. The molecule has 0 amide bonds. The van der Waals surface area contributed by atoms with E-state index in [2.05, 4.69) is 30.1 Å². The molecule has 0 spiro atoms. The Kier molecular flexibility index (Phi) is 3.34. The lowest BCUT2D eigenvalue weighted by molar-refractivity contribution is 0.620. The van der Waals surface area contributed by atoms with Crippen LogP contribution in [0.3, 0.4) is 0 Å². The van der Waals surface area contributed by atoms with Crippen LogP contribution in [0, 0.1) is 0 Å². The van der Waals surface area contributed by atoms with Crippen molar-refractivity contribution in [2.75, 3.05) is 6.54 Å². The van der Waals surface area contributed by atoms with Crippen LogP contribution in [0.25, 0.3) is 10.2 Å². The van der Waals surface area contributed by atoms with E-state index in [1.54, 1.807) is 11.3 Å². The Morgan fingerprint density at radius 2 is 2.20 bits per heavy atom. The largest absolute Gasteiger partial charge is 0.330 e. The minimum absolute atomic E-state index is 0.437. The summed E-state index contributed by atoms with van der Waals surface area (Å²) in [5, 5.41) is 1.19. The average Bonchev–Trinajstić information content (AvgIpc) is 2.69. The van der Waals surface area contributed by atoms with Gasteiger partial charge >= 0.3 is 0 Å². The molecule has 1 aromatic carbocycles. The molecule has 2 N–H and O–H groups in total. The van der Waals surface area contributed by atoms with Crippen molar-refractivity contribution in [3.05, 3.63) is 29.3 Å². The first kappa shape index (κ1) is 10.6. The molecule has 0 aliphatic heterocycles. The van der Waals surface area contributed by atoms with E-state index in [1.807, 2.05) is 6.07 Å². The van der Waals surface area contributed by atoms with Crippen LogP contribution in [0.1, 0.15) is 30.7 Å². The van der Waals surface area contributed by atoms with Gasteiger partial charge in [0.1, 0.15) is 0 Å². The molecule has 1 aromatic heterocycles. The second-order valence-electron chi connectivity index (χ2n) is 3.74. The Bertz CT molecular complexity index is 403. The first-order valence-corrected chi connectivity index (χ1v) is 6.22. The minimum atomic E-state index is 0.437. The van der Waals surface area contributed by atoms with Gasteiger partial charge in [0.15, 0.2) is 0 Å². The van der Waals surface area contributed by atoms with Gasteiger partial charge in [-0.2, -0.15) is 0 Å². The SMILES string of the molecule is CCCC(CN)c1nc2ccccc2s1. The smallest absolute Gasteiger partial charge is 0.0982 e. The van der Waals surface area contributed by atoms with Gasteiger partial charge < -0.3 is 5.73 Å². The Hall–Kier alpha value is -0.930. The maximum atomic E-state index is 5.78. The highest BCUT2D eigenvalue weighted by Gasteiger charge is 2.13. The molecule has 2 rings (SSSR count). The van der Waals surface area contributed by atoms with Crippen molar-refractivity contribution in [3.8, 4) is 0 Å². The average molecular weight is 220 g/mol. The first-order valence-electron chi connectivity index (χ1n) is 5.40. The predicted molar refractivity (Wildman–Crippen MR) is 66.3 cm³/mol. The number of aromatic nitrogens is 1. The third kappa shape index (κ3) is 2.19. The van der Waals surface area contributed by atoms with Gasteiger partial charge in [0.05, 0.1) is 15.2 Å². The molecule has 2 nitrogen and oxygen atoms in total. The summed E-state index contributed by atoms with van der Waals surface area (Å²) in [5.41, 5.74) is 6.88. The van der Waals surface area contributed by atoms with Crippen molar-refractivity contribution in [1.82, 2.24) is 4.98 Å². The van der Waals surface area contributed by atoms with E-state index in [0.717, 1.165) is 18.4 Å². The number of nitrogens with two attached hydrogens (primary N) is 1. The van der Waals surface area contributed by atoms with Gasteiger partial charge in [-0.3, -0.25) is 0 Å². The standard InChI is InChI=1S/C12H16N2S/c1-2-5-9(8-13)12-14-10-6-3-4-7-11(10)15-12/h3-4,6-7,9H,2,5,8,13H2,1H3. The molecule has 1 atom stereocenters. The van der Waals surface area contributed by atoms with E-state index in [9.17, 15) is 0 Å². The van der Waals surface area contributed by atoms with E-state index in [4.69, 9.17) is 5.73 Å². The molecule has 2 aromatic rings. The topological polar surface area (TPSA) is 38.9 Å². The lowest BCUT2D eigenvalue weighted by atomic mass is 10.1.